The van der Waals surface area contributed by atoms with Crippen molar-refractivity contribution in [3.63, 3.8) is 0 Å². The molecule has 1 aliphatic rings. The number of benzene rings is 3. The molecule has 7 heteroatoms. The quantitative estimate of drug-likeness (QED) is 0.367. The molecule has 3 nitrogen and oxygen atoms in total. The van der Waals surface area contributed by atoms with Gasteiger partial charge in [-0.25, -0.2) is 0 Å². The number of carbonyl (C=O) groups is 1. The Morgan fingerprint density at radius 1 is 1.07 bits per heavy atom. The topological polar surface area (TPSA) is 29.5 Å². The molecule has 3 aromatic rings. The van der Waals surface area contributed by atoms with Crippen LogP contribution in [-0.4, -0.2) is 11.7 Å². The summed E-state index contributed by atoms with van der Waals surface area (Å²) in [5, 5.41) is 1.23. The van der Waals surface area contributed by atoms with E-state index in [2.05, 4.69) is 15.9 Å². The van der Waals surface area contributed by atoms with Crippen LogP contribution in [0.2, 0.25) is 10.0 Å². The SMILES string of the molecule is O=C1CS[C@H](c2ccc(OCc3ccccc3Cl)c(Br)c2)N1c1ccc(Cl)cc1. The van der Waals surface area contributed by atoms with Crippen molar-refractivity contribution in [2.24, 2.45) is 0 Å². The zero-order valence-corrected chi connectivity index (χ0v) is 19.1. The molecule has 0 saturated carbocycles. The number of halogens is 3. The predicted molar refractivity (Wildman–Crippen MR) is 124 cm³/mol. The molecule has 1 aliphatic heterocycles. The van der Waals surface area contributed by atoms with Crippen LogP contribution in [0.5, 0.6) is 5.75 Å². The highest BCUT2D eigenvalue weighted by molar-refractivity contribution is 9.10. The summed E-state index contributed by atoms with van der Waals surface area (Å²) in [6.07, 6.45) is 0. The highest BCUT2D eigenvalue weighted by atomic mass is 79.9. The molecule has 3 aromatic carbocycles. The number of nitrogens with zero attached hydrogens (tertiary/aromatic N) is 1. The van der Waals surface area contributed by atoms with Gasteiger partial charge in [0.1, 0.15) is 17.7 Å². The lowest BCUT2D eigenvalue weighted by Crippen LogP contribution is -2.27. The predicted octanol–water partition coefficient (Wildman–Crippen LogP) is 7.11. The summed E-state index contributed by atoms with van der Waals surface area (Å²) in [5.74, 6) is 1.24. The smallest absolute Gasteiger partial charge is 0.238 e. The van der Waals surface area contributed by atoms with E-state index in [0.717, 1.165) is 27.0 Å². The summed E-state index contributed by atoms with van der Waals surface area (Å²) < 4.78 is 6.77. The van der Waals surface area contributed by atoms with E-state index in [4.69, 9.17) is 27.9 Å². The Morgan fingerprint density at radius 2 is 1.83 bits per heavy atom. The van der Waals surface area contributed by atoms with Crippen LogP contribution in [0.4, 0.5) is 5.69 Å². The summed E-state index contributed by atoms with van der Waals surface area (Å²) >= 11 is 17.4. The van der Waals surface area contributed by atoms with Gasteiger partial charge in [0.2, 0.25) is 5.91 Å². The molecule has 1 fully saturated rings. The lowest BCUT2D eigenvalue weighted by Gasteiger charge is -2.25. The average molecular weight is 509 g/mol. The zero-order chi connectivity index (χ0) is 20.4. The number of amides is 1. The lowest BCUT2D eigenvalue weighted by atomic mass is 10.1. The Hall–Kier alpha value is -1.66. The third-order valence-corrected chi connectivity index (χ3v) is 7.01. The zero-order valence-electron chi connectivity index (χ0n) is 15.1. The van der Waals surface area contributed by atoms with Crippen molar-refractivity contribution < 1.29 is 9.53 Å². The minimum Gasteiger partial charge on any atom is -0.488 e. The number of carbonyl (C=O) groups excluding carboxylic acids is 1. The number of hydrogen-bond acceptors (Lipinski definition) is 3. The van der Waals surface area contributed by atoms with E-state index in [9.17, 15) is 4.79 Å². The fourth-order valence-electron chi connectivity index (χ4n) is 3.11. The van der Waals surface area contributed by atoms with Gasteiger partial charge in [-0.3, -0.25) is 9.69 Å². The van der Waals surface area contributed by atoms with Gasteiger partial charge in [-0.1, -0.05) is 47.5 Å². The number of anilines is 1. The molecule has 0 radical (unpaired) electrons. The van der Waals surface area contributed by atoms with Crippen LogP contribution in [0, 0.1) is 0 Å². The fourth-order valence-corrected chi connectivity index (χ4v) is 5.10. The largest absolute Gasteiger partial charge is 0.488 e. The van der Waals surface area contributed by atoms with E-state index in [-0.39, 0.29) is 11.3 Å². The maximum atomic E-state index is 12.5. The van der Waals surface area contributed by atoms with Crippen molar-refractivity contribution in [3.05, 3.63) is 92.4 Å². The highest BCUT2D eigenvalue weighted by Gasteiger charge is 2.34. The van der Waals surface area contributed by atoms with Gasteiger partial charge in [0, 0.05) is 21.3 Å². The minimum absolute atomic E-state index is 0.0810. The Bertz CT molecular complexity index is 1050. The molecule has 1 saturated heterocycles. The molecule has 1 heterocycles. The average Bonchev–Trinajstić information content (AvgIpc) is 3.10. The van der Waals surface area contributed by atoms with E-state index < -0.39 is 0 Å². The van der Waals surface area contributed by atoms with Crippen molar-refractivity contribution in [2.75, 3.05) is 10.7 Å². The molecule has 0 unspecified atom stereocenters. The molecule has 1 atom stereocenters. The lowest BCUT2D eigenvalue weighted by molar-refractivity contribution is -0.115. The van der Waals surface area contributed by atoms with Crippen molar-refractivity contribution in [2.45, 2.75) is 12.0 Å². The highest BCUT2D eigenvalue weighted by Crippen LogP contribution is 2.43. The van der Waals surface area contributed by atoms with Crippen LogP contribution in [0.1, 0.15) is 16.5 Å². The third-order valence-electron chi connectivity index (χ3n) is 4.55. The molecule has 0 aromatic heterocycles. The van der Waals surface area contributed by atoms with Gasteiger partial charge in [-0.2, -0.15) is 0 Å². The molecular weight excluding hydrogens is 493 g/mol. The Kier molecular flexibility index (Phi) is 6.40. The van der Waals surface area contributed by atoms with Crippen molar-refractivity contribution in [1.82, 2.24) is 0 Å². The Balaban J connectivity index is 1.54. The number of rotatable bonds is 5. The Labute approximate surface area is 192 Å². The summed E-state index contributed by atoms with van der Waals surface area (Å²) in [6, 6.07) is 20.9. The molecule has 4 rings (SSSR count). The molecule has 1 amide bonds. The van der Waals surface area contributed by atoms with Gasteiger partial charge in [-0.15, -0.1) is 11.8 Å². The van der Waals surface area contributed by atoms with E-state index in [1.54, 1.807) is 23.9 Å². The molecule has 29 heavy (non-hydrogen) atoms. The van der Waals surface area contributed by atoms with Gasteiger partial charge in [-0.05, 0) is 64.0 Å². The molecule has 0 N–H and O–H groups in total. The second-order valence-corrected chi connectivity index (χ2v) is 9.24. The van der Waals surface area contributed by atoms with Gasteiger partial charge >= 0.3 is 0 Å². The first-order valence-corrected chi connectivity index (χ1v) is 11.5. The first-order valence-electron chi connectivity index (χ1n) is 8.88. The summed E-state index contributed by atoms with van der Waals surface area (Å²) in [4.78, 5) is 14.3. The molecule has 0 spiro atoms. The molecular formula is C22H16BrCl2NO2S. The summed E-state index contributed by atoms with van der Waals surface area (Å²) in [5.41, 5.74) is 2.79. The van der Waals surface area contributed by atoms with Crippen molar-refractivity contribution in [3.8, 4) is 5.75 Å². The van der Waals surface area contributed by atoms with Crippen LogP contribution < -0.4 is 9.64 Å². The maximum Gasteiger partial charge on any atom is 0.238 e. The van der Waals surface area contributed by atoms with Crippen LogP contribution in [0.25, 0.3) is 0 Å². The van der Waals surface area contributed by atoms with Gasteiger partial charge < -0.3 is 4.74 Å². The van der Waals surface area contributed by atoms with Crippen LogP contribution in [0.15, 0.2) is 71.2 Å². The number of hydrogen-bond donors (Lipinski definition) is 0. The first kappa shape index (κ1) is 20.6. The van der Waals surface area contributed by atoms with Crippen LogP contribution in [0.3, 0.4) is 0 Å². The summed E-state index contributed by atoms with van der Waals surface area (Å²) in [7, 11) is 0. The van der Waals surface area contributed by atoms with Crippen LogP contribution >= 0.6 is 50.9 Å². The van der Waals surface area contributed by atoms with Gasteiger partial charge in [0.05, 0.1) is 10.2 Å². The van der Waals surface area contributed by atoms with Crippen molar-refractivity contribution in [1.29, 1.82) is 0 Å². The first-order chi connectivity index (χ1) is 14.0. The standard InChI is InChI=1S/C22H16BrCl2NO2S/c23-18-11-14(5-10-20(18)28-12-15-3-1-2-4-19(15)25)22-26(21(27)13-29-22)17-8-6-16(24)7-9-17/h1-11,22H,12-13H2/t22-/m1/s1. The van der Waals surface area contributed by atoms with Crippen LogP contribution in [-0.2, 0) is 11.4 Å². The molecule has 0 bridgehead atoms. The van der Waals surface area contributed by atoms with E-state index in [0.29, 0.717) is 22.4 Å². The number of ether oxygens (including phenoxy) is 1. The Morgan fingerprint density at radius 3 is 2.55 bits per heavy atom. The summed E-state index contributed by atoms with van der Waals surface area (Å²) in [6.45, 7) is 0.380. The fraction of sp³-hybridized carbons (Fsp3) is 0.136. The second-order valence-electron chi connectivity index (χ2n) is 6.47. The second kappa shape index (κ2) is 9.00. The number of thioether (sulfide) groups is 1. The molecule has 0 aliphatic carbocycles. The monoisotopic (exact) mass is 507 g/mol. The minimum atomic E-state index is -0.0995. The van der Waals surface area contributed by atoms with E-state index in [1.807, 2.05) is 59.5 Å². The van der Waals surface area contributed by atoms with E-state index >= 15 is 0 Å². The van der Waals surface area contributed by atoms with Gasteiger partial charge in [0.25, 0.3) is 0 Å². The van der Waals surface area contributed by atoms with E-state index in [1.165, 1.54) is 0 Å². The normalized spacial score (nSPS) is 16.3. The maximum absolute atomic E-state index is 12.5. The molecule has 148 valence electrons. The van der Waals surface area contributed by atoms with Crippen molar-refractivity contribution >= 4 is 62.5 Å². The van der Waals surface area contributed by atoms with Gasteiger partial charge in [0.15, 0.2) is 0 Å². The third kappa shape index (κ3) is 4.58.